The standard InChI is InChI=1S/C16H21N3/c17-10-12-3-4-15-18-13-5-8-16(6-1-2-7-16)9-14(13)19(15)11-12/h3-4,11H,1-2,5-10,17H2. The molecule has 0 aliphatic heterocycles. The molecule has 0 atom stereocenters. The fraction of sp³-hybridized carbons (Fsp3) is 0.562. The van der Waals surface area contributed by atoms with Gasteiger partial charge in [0.05, 0.1) is 5.69 Å². The molecular formula is C16H21N3. The lowest BCUT2D eigenvalue weighted by Crippen LogP contribution is -2.26. The van der Waals surface area contributed by atoms with Crippen molar-refractivity contribution in [2.24, 2.45) is 11.1 Å². The van der Waals surface area contributed by atoms with Crippen LogP contribution in [0.3, 0.4) is 0 Å². The van der Waals surface area contributed by atoms with Crippen molar-refractivity contribution in [3.05, 3.63) is 35.3 Å². The minimum atomic E-state index is 0.585. The zero-order chi connectivity index (χ0) is 12.9. The molecule has 0 aromatic carbocycles. The zero-order valence-electron chi connectivity index (χ0n) is 11.4. The molecule has 19 heavy (non-hydrogen) atoms. The predicted octanol–water partition coefficient (Wildman–Crippen LogP) is 2.84. The first-order chi connectivity index (χ1) is 9.30. The van der Waals surface area contributed by atoms with Crippen molar-refractivity contribution in [3.63, 3.8) is 0 Å². The summed E-state index contributed by atoms with van der Waals surface area (Å²) in [5.74, 6) is 0. The zero-order valence-corrected chi connectivity index (χ0v) is 11.4. The molecule has 2 aliphatic carbocycles. The van der Waals surface area contributed by atoms with Crippen molar-refractivity contribution in [1.29, 1.82) is 0 Å². The van der Waals surface area contributed by atoms with Crippen molar-refractivity contribution in [3.8, 4) is 0 Å². The van der Waals surface area contributed by atoms with Gasteiger partial charge < -0.3 is 10.1 Å². The largest absolute Gasteiger partial charge is 0.326 e. The maximum atomic E-state index is 5.77. The molecule has 1 saturated carbocycles. The number of rotatable bonds is 1. The van der Waals surface area contributed by atoms with Crippen LogP contribution in [0.4, 0.5) is 0 Å². The molecule has 1 fully saturated rings. The molecule has 0 saturated heterocycles. The summed E-state index contributed by atoms with van der Waals surface area (Å²) in [6, 6.07) is 4.21. The topological polar surface area (TPSA) is 43.3 Å². The van der Waals surface area contributed by atoms with Crippen LogP contribution >= 0.6 is 0 Å². The van der Waals surface area contributed by atoms with Crippen LogP contribution in [0.15, 0.2) is 18.3 Å². The van der Waals surface area contributed by atoms with Crippen molar-refractivity contribution < 1.29 is 0 Å². The Hall–Kier alpha value is -1.35. The molecule has 4 rings (SSSR count). The Labute approximate surface area is 113 Å². The highest BCUT2D eigenvalue weighted by atomic mass is 15.0. The maximum absolute atomic E-state index is 5.77. The van der Waals surface area contributed by atoms with Gasteiger partial charge >= 0.3 is 0 Å². The molecule has 2 aromatic heterocycles. The van der Waals surface area contributed by atoms with Gasteiger partial charge in [0, 0.05) is 18.4 Å². The van der Waals surface area contributed by atoms with Gasteiger partial charge in [-0.05, 0) is 49.1 Å². The third-order valence-corrected chi connectivity index (χ3v) is 5.20. The molecule has 2 heterocycles. The van der Waals surface area contributed by atoms with Crippen molar-refractivity contribution >= 4 is 5.65 Å². The highest BCUT2D eigenvalue weighted by Crippen LogP contribution is 2.47. The Morgan fingerprint density at radius 2 is 2.05 bits per heavy atom. The summed E-state index contributed by atoms with van der Waals surface area (Å²) in [5.41, 5.74) is 11.4. The third-order valence-electron chi connectivity index (χ3n) is 5.20. The van der Waals surface area contributed by atoms with Crippen LogP contribution in [0.1, 0.15) is 49.1 Å². The van der Waals surface area contributed by atoms with Crippen molar-refractivity contribution in [1.82, 2.24) is 9.38 Å². The molecule has 0 radical (unpaired) electrons. The van der Waals surface area contributed by atoms with Crippen LogP contribution in [0.2, 0.25) is 0 Å². The van der Waals surface area contributed by atoms with E-state index < -0.39 is 0 Å². The summed E-state index contributed by atoms with van der Waals surface area (Å²) in [6.45, 7) is 0.605. The van der Waals surface area contributed by atoms with Crippen LogP contribution in [0, 0.1) is 5.41 Å². The minimum absolute atomic E-state index is 0.585. The molecule has 2 aromatic rings. The van der Waals surface area contributed by atoms with Crippen LogP contribution in [0.5, 0.6) is 0 Å². The van der Waals surface area contributed by atoms with Gasteiger partial charge in [-0.1, -0.05) is 18.9 Å². The van der Waals surface area contributed by atoms with Crippen molar-refractivity contribution in [2.75, 3.05) is 0 Å². The van der Waals surface area contributed by atoms with Gasteiger partial charge in [-0.15, -0.1) is 0 Å². The Morgan fingerprint density at radius 3 is 2.84 bits per heavy atom. The average Bonchev–Trinajstić information content (AvgIpc) is 3.03. The number of imidazole rings is 1. The smallest absolute Gasteiger partial charge is 0.137 e. The second-order valence-electron chi connectivity index (χ2n) is 6.36. The second kappa shape index (κ2) is 4.07. The van der Waals surface area contributed by atoms with E-state index in [0.717, 1.165) is 12.1 Å². The lowest BCUT2D eigenvalue weighted by atomic mass is 9.73. The second-order valence-corrected chi connectivity index (χ2v) is 6.36. The number of nitrogens with two attached hydrogens (primary N) is 1. The first-order valence-electron chi connectivity index (χ1n) is 7.49. The molecule has 100 valence electrons. The van der Waals surface area contributed by atoms with Crippen molar-refractivity contribution in [2.45, 2.75) is 51.5 Å². The van der Waals surface area contributed by atoms with E-state index in [4.69, 9.17) is 10.7 Å². The van der Waals surface area contributed by atoms with E-state index >= 15 is 0 Å². The maximum Gasteiger partial charge on any atom is 0.137 e. The number of hydrogen-bond donors (Lipinski definition) is 1. The van der Waals surface area contributed by atoms with Gasteiger partial charge in [0.1, 0.15) is 5.65 Å². The number of pyridine rings is 1. The fourth-order valence-corrected chi connectivity index (χ4v) is 4.07. The van der Waals surface area contributed by atoms with Gasteiger partial charge in [-0.3, -0.25) is 0 Å². The predicted molar refractivity (Wildman–Crippen MR) is 76.0 cm³/mol. The van der Waals surface area contributed by atoms with Gasteiger partial charge in [-0.25, -0.2) is 4.98 Å². The lowest BCUT2D eigenvalue weighted by molar-refractivity contribution is 0.250. The molecular weight excluding hydrogens is 234 g/mol. The monoisotopic (exact) mass is 255 g/mol. The highest BCUT2D eigenvalue weighted by molar-refractivity contribution is 5.45. The van der Waals surface area contributed by atoms with Crippen LogP contribution in [-0.4, -0.2) is 9.38 Å². The average molecular weight is 255 g/mol. The van der Waals surface area contributed by atoms with E-state index in [0.29, 0.717) is 12.0 Å². The summed E-state index contributed by atoms with van der Waals surface area (Å²) < 4.78 is 2.30. The van der Waals surface area contributed by atoms with E-state index in [1.807, 2.05) is 0 Å². The third kappa shape index (κ3) is 1.71. The summed E-state index contributed by atoms with van der Waals surface area (Å²) in [5, 5.41) is 0. The van der Waals surface area contributed by atoms with Crippen LogP contribution in [-0.2, 0) is 19.4 Å². The number of fused-ring (bicyclic) bond motifs is 3. The molecule has 2 aliphatic rings. The summed E-state index contributed by atoms with van der Waals surface area (Å²) in [4.78, 5) is 4.81. The summed E-state index contributed by atoms with van der Waals surface area (Å²) in [7, 11) is 0. The lowest BCUT2D eigenvalue weighted by Gasteiger charge is -2.32. The fourth-order valence-electron chi connectivity index (χ4n) is 4.07. The number of nitrogens with zero attached hydrogens (tertiary/aromatic N) is 2. The number of hydrogen-bond acceptors (Lipinski definition) is 2. The van der Waals surface area contributed by atoms with Crippen LogP contribution in [0.25, 0.3) is 5.65 Å². The van der Waals surface area contributed by atoms with Gasteiger partial charge in [0.15, 0.2) is 0 Å². The Morgan fingerprint density at radius 1 is 1.21 bits per heavy atom. The Balaban J connectivity index is 1.83. The molecule has 2 N–H and O–H groups in total. The molecule has 3 heteroatoms. The molecule has 0 amide bonds. The number of aryl methyl sites for hydroxylation is 1. The van der Waals surface area contributed by atoms with E-state index in [-0.39, 0.29) is 0 Å². The molecule has 0 unspecified atom stereocenters. The molecule has 3 nitrogen and oxygen atoms in total. The van der Waals surface area contributed by atoms with Crippen LogP contribution < -0.4 is 5.73 Å². The van der Waals surface area contributed by atoms with Gasteiger partial charge in [-0.2, -0.15) is 0 Å². The van der Waals surface area contributed by atoms with Gasteiger partial charge in [0.25, 0.3) is 0 Å². The van der Waals surface area contributed by atoms with E-state index in [1.54, 1.807) is 0 Å². The van der Waals surface area contributed by atoms with E-state index in [1.165, 1.54) is 55.5 Å². The van der Waals surface area contributed by atoms with E-state index in [9.17, 15) is 0 Å². The normalized spacial score (nSPS) is 21.1. The minimum Gasteiger partial charge on any atom is -0.326 e. The highest BCUT2D eigenvalue weighted by Gasteiger charge is 2.38. The van der Waals surface area contributed by atoms with E-state index in [2.05, 4.69) is 22.7 Å². The molecule has 0 bridgehead atoms. The Bertz CT molecular complexity index is 620. The summed E-state index contributed by atoms with van der Waals surface area (Å²) >= 11 is 0. The molecule has 1 spiro atoms. The quantitative estimate of drug-likeness (QED) is 0.851. The Kier molecular flexibility index (Phi) is 2.46. The van der Waals surface area contributed by atoms with Gasteiger partial charge in [0.2, 0.25) is 0 Å². The summed E-state index contributed by atoms with van der Waals surface area (Å²) in [6.07, 6.45) is 11.6. The first kappa shape index (κ1) is 11.5. The number of aromatic nitrogens is 2. The first-order valence-corrected chi connectivity index (χ1v) is 7.49. The SMILES string of the molecule is NCc1ccc2nc3c(n2c1)CC1(CCCC1)CC3.